The number of β-amino-alcohol motifs (C(OH)–C–C–N with tert-alkyl or cyclic N) is 1. The number of benzene rings is 2. The lowest BCUT2D eigenvalue weighted by molar-refractivity contribution is -0.0563. The van der Waals surface area contributed by atoms with Gasteiger partial charge in [-0.25, -0.2) is 4.79 Å². The fourth-order valence-corrected chi connectivity index (χ4v) is 3.80. The summed E-state index contributed by atoms with van der Waals surface area (Å²) in [6, 6.07) is 14.5. The molecule has 1 fully saturated rings. The van der Waals surface area contributed by atoms with Crippen molar-refractivity contribution in [2.75, 3.05) is 18.0 Å². The number of fused-ring (bicyclic) bond motifs is 2. The molecule has 7 heteroatoms. The number of aliphatic hydroxyl groups excluding tert-OH is 2. The molecule has 2 N–H and O–H groups in total. The predicted molar refractivity (Wildman–Crippen MR) is 109 cm³/mol. The predicted octanol–water partition coefficient (Wildman–Crippen LogP) is 3.27. The zero-order valence-electron chi connectivity index (χ0n) is 16.8. The molecule has 7 nitrogen and oxygen atoms in total. The van der Waals surface area contributed by atoms with Gasteiger partial charge in [-0.1, -0.05) is 24.3 Å². The molecule has 0 spiro atoms. The monoisotopic (exact) mass is 398 g/mol. The van der Waals surface area contributed by atoms with Crippen LogP contribution in [0.5, 0.6) is 11.5 Å². The summed E-state index contributed by atoms with van der Waals surface area (Å²) >= 11 is 0. The van der Waals surface area contributed by atoms with E-state index in [0.717, 1.165) is 11.4 Å². The SMILES string of the molecule is CC(C)(C)OC(=O)N1C[C@@H](O)[C@@H](O)[C@H](N2c3ccccc3Oc3ccccc32)C1. The Kier molecular flexibility index (Phi) is 4.88. The molecule has 3 atom stereocenters. The molecular formula is C22H26N2O5. The number of piperidine rings is 1. The molecule has 2 aromatic rings. The van der Waals surface area contributed by atoms with E-state index in [1.807, 2.05) is 53.4 Å². The lowest BCUT2D eigenvalue weighted by atomic mass is 9.96. The van der Waals surface area contributed by atoms with Crippen LogP contribution >= 0.6 is 0 Å². The number of anilines is 2. The molecule has 4 rings (SSSR count). The Morgan fingerprint density at radius 2 is 1.55 bits per heavy atom. The lowest BCUT2D eigenvalue weighted by Crippen LogP contribution is -2.62. The minimum Gasteiger partial charge on any atom is -0.453 e. The van der Waals surface area contributed by atoms with Crippen molar-refractivity contribution in [3.63, 3.8) is 0 Å². The van der Waals surface area contributed by atoms with Gasteiger partial charge in [0, 0.05) is 6.54 Å². The van der Waals surface area contributed by atoms with E-state index in [0.29, 0.717) is 11.5 Å². The molecular weight excluding hydrogens is 372 g/mol. The van der Waals surface area contributed by atoms with Crippen LogP contribution in [0.2, 0.25) is 0 Å². The Hall–Kier alpha value is -2.77. The number of rotatable bonds is 1. The second-order valence-electron chi connectivity index (χ2n) is 8.42. The van der Waals surface area contributed by atoms with E-state index in [4.69, 9.17) is 9.47 Å². The van der Waals surface area contributed by atoms with Gasteiger partial charge < -0.3 is 29.5 Å². The largest absolute Gasteiger partial charge is 0.453 e. The number of nitrogens with zero attached hydrogens (tertiary/aromatic N) is 2. The highest BCUT2D eigenvalue weighted by molar-refractivity contribution is 5.79. The summed E-state index contributed by atoms with van der Waals surface area (Å²) in [5, 5.41) is 21.4. The molecule has 0 aromatic heterocycles. The van der Waals surface area contributed by atoms with Gasteiger partial charge in [-0.05, 0) is 45.0 Å². The Bertz CT molecular complexity index is 865. The van der Waals surface area contributed by atoms with Gasteiger partial charge in [-0.3, -0.25) is 0 Å². The summed E-state index contributed by atoms with van der Waals surface area (Å²) in [5.74, 6) is 1.31. The van der Waals surface area contributed by atoms with Crippen molar-refractivity contribution in [1.82, 2.24) is 4.90 Å². The van der Waals surface area contributed by atoms with Crippen molar-refractivity contribution in [1.29, 1.82) is 0 Å². The number of ether oxygens (including phenoxy) is 2. The molecule has 1 amide bonds. The summed E-state index contributed by atoms with van der Waals surface area (Å²) in [5.41, 5.74) is 0.896. The minimum atomic E-state index is -1.09. The first-order valence-corrected chi connectivity index (χ1v) is 9.74. The van der Waals surface area contributed by atoms with Crippen molar-refractivity contribution in [2.24, 2.45) is 0 Å². The molecule has 0 saturated carbocycles. The average molecular weight is 398 g/mol. The van der Waals surface area contributed by atoms with Crippen LogP contribution in [0, 0.1) is 0 Å². The number of carbonyl (C=O) groups is 1. The van der Waals surface area contributed by atoms with E-state index in [1.54, 1.807) is 20.8 Å². The molecule has 29 heavy (non-hydrogen) atoms. The lowest BCUT2D eigenvalue weighted by Gasteiger charge is -2.46. The van der Waals surface area contributed by atoms with Gasteiger partial charge in [0.2, 0.25) is 0 Å². The Balaban J connectivity index is 1.72. The standard InChI is InChI=1S/C22H26N2O5/c1-22(2,3)29-21(27)23-12-16(20(26)17(25)13-23)24-14-8-4-6-10-18(14)28-19-11-7-5-9-15(19)24/h4-11,16-17,20,25-26H,12-13H2,1-3H3/t16-,17-,20+/m1/s1. The van der Waals surface area contributed by atoms with Crippen LogP contribution in [0.4, 0.5) is 16.2 Å². The second-order valence-corrected chi connectivity index (χ2v) is 8.42. The number of hydrogen-bond donors (Lipinski definition) is 2. The van der Waals surface area contributed by atoms with Crippen LogP contribution in [0.1, 0.15) is 20.8 Å². The van der Waals surface area contributed by atoms with E-state index in [-0.39, 0.29) is 13.1 Å². The van der Waals surface area contributed by atoms with Gasteiger partial charge in [-0.2, -0.15) is 0 Å². The molecule has 2 heterocycles. The molecule has 1 saturated heterocycles. The number of hydrogen-bond acceptors (Lipinski definition) is 6. The van der Waals surface area contributed by atoms with E-state index in [2.05, 4.69) is 0 Å². The molecule has 2 aromatic carbocycles. The summed E-state index contributed by atoms with van der Waals surface area (Å²) in [4.78, 5) is 16.0. The first-order chi connectivity index (χ1) is 13.7. The van der Waals surface area contributed by atoms with Crippen LogP contribution in [-0.4, -0.2) is 58.1 Å². The molecule has 0 unspecified atom stereocenters. The average Bonchev–Trinajstić information content (AvgIpc) is 2.67. The van der Waals surface area contributed by atoms with E-state index in [9.17, 15) is 15.0 Å². The van der Waals surface area contributed by atoms with Crippen LogP contribution in [0.15, 0.2) is 48.5 Å². The van der Waals surface area contributed by atoms with Gasteiger partial charge in [-0.15, -0.1) is 0 Å². The van der Waals surface area contributed by atoms with Gasteiger partial charge in [0.05, 0.1) is 30.1 Å². The fourth-order valence-electron chi connectivity index (χ4n) is 3.80. The molecule has 0 bridgehead atoms. The summed E-state index contributed by atoms with van der Waals surface area (Å²) in [6.45, 7) is 5.61. The van der Waals surface area contributed by atoms with Crippen LogP contribution in [0.3, 0.4) is 0 Å². The summed E-state index contributed by atoms with van der Waals surface area (Å²) < 4.78 is 11.5. The van der Waals surface area contributed by atoms with Crippen LogP contribution in [-0.2, 0) is 4.74 Å². The fraction of sp³-hybridized carbons (Fsp3) is 0.409. The molecule has 2 aliphatic rings. The van der Waals surface area contributed by atoms with Crippen LogP contribution in [0.25, 0.3) is 0 Å². The van der Waals surface area contributed by atoms with E-state index in [1.165, 1.54) is 4.90 Å². The molecule has 2 aliphatic heterocycles. The maximum absolute atomic E-state index is 12.7. The maximum Gasteiger partial charge on any atom is 0.410 e. The van der Waals surface area contributed by atoms with Gasteiger partial charge in [0.25, 0.3) is 0 Å². The Morgan fingerprint density at radius 3 is 2.10 bits per heavy atom. The molecule has 154 valence electrons. The van der Waals surface area contributed by atoms with Crippen molar-refractivity contribution in [3.8, 4) is 11.5 Å². The van der Waals surface area contributed by atoms with Gasteiger partial charge >= 0.3 is 6.09 Å². The highest BCUT2D eigenvalue weighted by Gasteiger charge is 2.43. The third-order valence-corrected chi connectivity index (χ3v) is 5.06. The number of carbonyl (C=O) groups excluding carboxylic acids is 1. The van der Waals surface area contributed by atoms with Gasteiger partial charge in [0.15, 0.2) is 11.5 Å². The maximum atomic E-state index is 12.7. The minimum absolute atomic E-state index is 0.0141. The number of para-hydroxylation sites is 4. The number of aliphatic hydroxyl groups is 2. The van der Waals surface area contributed by atoms with Gasteiger partial charge in [0.1, 0.15) is 11.7 Å². The highest BCUT2D eigenvalue weighted by Crippen LogP contribution is 2.48. The first-order valence-electron chi connectivity index (χ1n) is 9.74. The molecule has 0 aliphatic carbocycles. The first kappa shape index (κ1) is 19.5. The Morgan fingerprint density at radius 1 is 1.00 bits per heavy atom. The zero-order valence-corrected chi connectivity index (χ0v) is 16.8. The Labute approximate surface area is 170 Å². The smallest absolute Gasteiger partial charge is 0.410 e. The third-order valence-electron chi connectivity index (χ3n) is 5.06. The summed E-state index contributed by atoms with van der Waals surface area (Å²) in [7, 11) is 0. The topological polar surface area (TPSA) is 82.5 Å². The summed E-state index contributed by atoms with van der Waals surface area (Å²) in [6.07, 6.45) is -2.65. The zero-order chi connectivity index (χ0) is 20.8. The van der Waals surface area contributed by atoms with Crippen molar-refractivity contribution in [3.05, 3.63) is 48.5 Å². The third kappa shape index (κ3) is 3.75. The van der Waals surface area contributed by atoms with E-state index < -0.39 is 29.9 Å². The number of amides is 1. The number of likely N-dealkylation sites (tertiary alicyclic amines) is 1. The molecule has 0 radical (unpaired) electrons. The van der Waals surface area contributed by atoms with Crippen molar-refractivity contribution >= 4 is 17.5 Å². The highest BCUT2D eigenvalue weighted by atomic mass is 16.6. The quantitative estimate of drug-likeness (QED) is 0.767. The van der Waals surface area contributed by atoms with Crippen LogP contribution < -0.4 is 9.64 Å². The second kappa shape index (κ2) is 7.24. The normalized spacial score (nSPS) is 23.7. The van der Waals surface area contributed by atoms with E-state index >= 15 is 0 Å². The van der Waals surface area contributed by atoms with Crippen molar-refractivity contribution in [2.45, 2.75) is 44.6 Å². The van der Waals surface area contributed by atoms with Crippen molar-refractivity contribution < 1.29 is 24.5 Å².